The number of carbonyl (C=O) groups excluding carboxylic acids is 2. The Bertz CT molecular complexity index is 1210. The fraction of sp³-hybridized carbons (Fsp3) is 0.391. The van der Waals surface area contributed by atoms with Gasteiger partial charge in [0.1, 0.15) is 18.4 Å². The Kier molecular flexibility index (Phi) is 9.72. The second kappa shape index (κ2) is 11.9. The van der Waals surface area contributed by atoms with Gasteiger partial charge in [0, 0.05) is 18.7 Å². The number of alkyl halides is 3. The first kappa shape index (κ1) is 29.4. The number of halogens is 5. The van der Waals surface area contributed by atoms with Crippen LogP contribution in [0.25, 0.3) is 0 Å². The highest BCUT2D eigenvalue weighted by atomic mass is 35.5. The van der Waals surface area contributed by atoms with Crippen molar-refractivity contribution in [3.8, 4) is 0 Å². The van der Waals surface area contributed by atoms with Gasteiger partial charge in [-0.25, -0.2) is 12.8 Å². The first-order valence-corrected chi connectivity index (χ1v) is 13.0. The third-order valence-corrected chi connectivity index (χ3v) is 6.68. The Morgan fingerprint density at radius 3 is 2.33 bits per heavy atom. The minimum absolute atomic E-state index is 0.0593. The summed E-state index contributed by atoms with van der Waals surface area (Å²) in [6, 6.07) is 6.43. The van der Waals surface area contributed by atoms with Crippen LogP contribution in [0.3, 0.4) is 0 Å². The number of amides is 2. The van der Waals surface area contributed by atoms with Crippen molar-refractivity contribution in [3.05, 3.63) is 64.4 Å². The molecule has 0 heterocycles. The van der Waals surface area contributed by atoms with E-state index in [-0.39, 0.29) is 17.1 Å². The molecule has 0 aliphatic rings. The zero-order valence-electron chi connectivity index (χ0n) is 19.8. The van der Waals surface area contributed by atoms with E-state index in [0.29, 0.717) is 35.7 Å². The van der Waals surface area contributed by atoms with Crippen LogP contribution < -0.4 is 9.62 Å². The van der Waals surface area contributed by atoms with Gasteiger partial charge in [0.25, 0.3) is 0 Å². The van der Waals surface area contributed by atoms with Crippen LogP contribution in [0.15, 0.2) is 42.5 Å². The summed E-state index contributed by atoms with van der Waals surface area (Å²) < 4.78 is 79.6. The van der Waals surface area contributed by atoms with Crippen LogP contribution in [0, 0.1) is 5.82 Å². The summed E-state index contributed by atoms with van der Waals surface area (Å²) in [6.07, 6.45) is -3.49. The average molecular weight is 552 g/mol. The summed E-state index contributed by atoms with van der Waals surface area (Å²) in [5, 5.41) is 2.27. The van der Waals surface area contributed by atoms with Gasteiger partial charge >= 0.3 is 6.18 Å². The van der Waals surface area contributed by atoms with E-state index in [0.717, 1.165) is 17.0 Å². The number of benzene rings is 2. The fourth-order valence-electron chi connectivity index (χ4n) is 3.26. The molecule has 0 spiro atoms. The molecule has 2 amide bonds. The number of nitrogens with one attached hydrogen (secondary N) is 1. The highest BCUT2D eigenvalue weighted by Crippen LogP contribution is 2.36. The largest absolute Gasteiger partial charge is 0.416 e. The van der Waals surface area contributed by atoms with E-state index in [1.807, 2.05) is 6.92 Å². The molecule has 0 radical (unpaired) electrons. The molecular weight excluding hydrogens is 526 g/mol. The molecule has 13 heteroatoms. The van der Waals surface area contributed by atoms with E-state index < -0.39 is 57.7 Å². The summed E-state index contributed by atoms with van der Waals surface area (Å²) in [4.78, 5) is 26.9. The Labute approximate surface area is 212 Å². The fourth-order valence-corrected chi connectivity index (χ4v) is 4.39. The number of sulfonamides is 1. The molecule has 0 saturated heterocycles. The van der Waals surface area contributed by atoms with Crippen molar-refractivity contribution in [3.63, 3.8) is 0 Å². The highest BCUT2D eigenvalue weighted by Gasteiger charge is 2.34. The number of rotatable bonds is 10. The van der Waals surface area contributed by atoms with Gasteiger partial charge in [-0.3, -0.25) is 13.9 Å². The molecule has 0 aromatic heterocycles. The quantitative estimate of drug-likeness (QED) is 0.448. The summed E-state index contributed by atoms with van der Waals surface area (Å²) >= 11 is 6.02. The maximum atomic E-state index is 14.3. The average Bonchev–Trinajstić information content (AvgIpc) is 2.79. The minimum atomic E-state index is -4.80. The predicted octanol–water partition coefficient (Wildman–Crippen LogP) is 4.21. The van der Waals surface area contributed by atoms with Gasteiger partial charge in [0.2, 0.25) is 21.8 Å². The van der Waals surface area contributed by atoms with Crippen LogP contribution >= 0.6 is 11.6 Å². The number of nitrogens with zero attached hydrogens (tertiary/aromatic N) is 2. The topological polar surface area (TPSA) is 86.8 Å². The second-order valence-corrected chi connectivity index (χ2v) is 10.3. The molecule has 2 aromatic carbocycles. The van der Waals surface area contributed by atoms with Gasteiger partial charge in [0.15, 0.2) is 0 Å². The van der Waals surface area contributed by atoms with Crippen LogP contribution in [-0.4, -0.2) is 50.5 Å². The van der Waals surface area contributed by atoms with Crippen LogP contribution in [-0.2, 0) is 32.3 Å². The van der Waals surface area contributed by atoms with E-state index in [1.165, 1.54) is 25.1 Å². The molecule has 0 aliphatic heterocycles. The molecule has 1 atom stereocenters. The molecule has 1 N–H and O–H groups in total. The third-order valence-electron chi connectivity index (χ3n) is 5.24. The Hall–Kier alpha value is -2.86. The van der Waals surface area contributed by atoms with Gasteiger partial charge < -0.3 is 10.2 Å². The number of anilines is 1. The van der Waals surface area contributed by atoms with Gasteiger partial charge in [0.05, 0.1) is 22.5 Å². The molecule has 0 unspecified atom stereocenters. The number of hydrogen-bond donors (Lipinski definition) is 1. The normalized spacial score (nSPS) is 12.7. The van der Waals surface area contributed by atoms with Crippen molar-refractivity contribution in [1.82, 2.24) is 10.2 Å². The SMILES string of the molecule is CCCNC(=O)[C@H](C)N(Cc1ccccc1F)C(=O)CN(c1cc(C(F)(F)F)ccc1Cl)S(C)(=O)=O. The standard InChI is InChI=1S/C23H26ClF4N3O4S/c1-4-11-29-22(33)15(2)30(13-16-7-5-6-8-19(16)25)21(32)14-31(36(3,34)35)20-12-17(23(26,27)28)9-10-18(20)24/h5-10,12,15H,4,11,13-14H2,1-3H3,(H,29,33)/t15-/m0/s1. The lowest BCUT2D eigenvalue weighted by molar-refractivity contribution is -0.139. The lowest BCUT2D eigenvalue weighted by Gasteiger charge is -2.32. The molecule has 0 fully saturated rings. The summed E-state index contributed by atoms with van der Waals surface area (Å²) in [5.41, 5.74) is -1.67. The number of carbonyl (C=O) groups is 2. The van der Waals surface area contributed by atoms with E-state index in [9.17, 15) is 35.6 Å². The third kappa shape index (κ3) is 7.57. The smallest absolute Gasteiger partial charge is 0.354 e. The zero-order chi connectivity index (χ0) is 27.3. The maximum absolute atomic E-state index is 14.3. The van der Waals surface area contributed by atoms with E-state index >= 15 is 0 Å². The minimum Gasteiger partial charge on any atom is -0.354 e. The van der Waals surface area contributed by atoms with Gasteiger partial charge in [-0.2, -0.15) is 13.2 Å². The molecule has 0 bridgehead atoms. The van der Waals surface area contributed by atoms with E-state index in [2.05, 4.69) is 5.32 Å². The molecule has 2 aromatic rings. The molecular formula is C23H26ClF4N3O4S. The van der Waals surface area contributed by atoms with Crippen molar-refractivity contribution in [2.24, 2.45) is 0 Å². The van der Waals surface area contributed by atoms with Gasteiger partial charge in [-0.15, -0.1) is 0 Å². The van der Waals surface area contributed by atoms with Crippen LogP contribution in [0.5, 0.6) is 0 Å². The van der Waals surface area contributed by atoms with Gasteiger partial charge in [-0.05, 0) is 37.6 Å². The van der Waals surface area contributed by atoms with Crippen LogP contribution in [0.2, 0.25) is 5.02 Å². The Balaban J connectivity index is 2.50. The first-order chi connectivity index (χ1) is 16.7. The van der Waals surface area contributed by atoms with Crippen LogP contribution in [0.4, 0.5) is 23.2 Å². The van der Waals surface area contributed by atoms with E-state index in [1.54, 1.807) is 0 Å². The summed E-state index contributed by atoms with van der Waals surface area (Å²) in [5.74, 6) is -2.17. The molecule has 198 valence electrons. The maximum Gasteiger partial charge on any atom is 0.416 e. The zero-order valence-corrected chi connectivity index (χ0v) is 21.3. The van der Waals surface area contributed by atoms with Crippen molar-refractivity contribution < 1.29 is 35.6 Å². The van der Waals surface area contributed by atoms with Crippen molar-refractivity contribution in [2.75, 3.05) is 23.7 Å². The highest BCUT2D eigenvalue weighted by molar-refractivity contribution is 7.92. The molecule has 7 nitrogen and oxygen atoms in total. The number of hydrogen-bond acceptors (Lipinski definition) is 4. The summed E-state index contributed by atoms with van der Waals surface area (Å²) in [7, 11) is -4.31. The van der Waals surface area contributed by atoms with Crippen molar-refractivity contribution >= 4 is 39.1 Å². The lowest BCUT2D eigenvalue weighted by atomic mass is 10.1. The van der Waals surface area contributed by atoms with Crippen LogP contribution in [0.1, 0.15) is 31.4 Å². The molecule has 2 rings (SSSR count). The molecule has 0 aliphatic carbocycles. The lowest BCUT2D eigenvalue weighted by Crippen LogP contribution is -2.51. The monoisotopic (exact) mass is 551 g/mol. The van der Waals surface area contributed by atoms with Crippen molar-refractivity contribution in [1.29, 1.82) is 0 Å². The predicted molar refractivity (Wildman–Crippen MR) is 128 cm³/mol. The van der Waals surface area contributed by atoms with Crippen molar-refractivity contribution in [2.45, 2.75) is 39.0 Å². The summed E-state index contributed by atoms with van der Waals surface area (Å²) in [6.45, 7) is 2.14. The molecule has 0 saturated carbocycles. The van der Waals surface area contributed by atoms with Gasteiger partial charge in [-0.1, -0.05) is 36.7 Å². The Morgan fingerprint density at radius 1 is 1.14 bits per heavy atom. The first-order valence-electron chi connectivity index (χ1n) is 10.8. The molecule has 36 heavy (non-hydrogen) atoms. The second-order valence-electron chi connectivity index (χ2n) is 8.01. The Morgan fingerprint density at radius 2 is 1.78 bits per heavy atom. The van der Waals surface area contributed by atoms with E-state index in [4.69, 9.17) is 11.6 Å².